The molecule has 1 saturated heterocycles. The maximum atomic E-state index is 13.2. The number of ether oxygens (including phenoxy) is 4. The second-order valence-electron chi connectivity index (χ2n) is 8.37. The third-order valence-corrected chi connectivity index (χ3v) is 6.16. The van der Waals surface area contributed by atoms with Gasteiger partial charge in [0.15, 0.2) is 23.0 Å². The van der Waals surface area contributed by atoms with E-state index >= 15 is 0 Å². The number of para-hydroxylation sites is 1. The average molecular weight is 477 g/mol. The summed E-state index contributed by atoms with van der Waals surface area (Å²) in [7, 11) is 4.78. The van der Waals surface area contributed by atoms with E-state index in [2.05, 4.69) is 11.0 Å². The fourth-order valence-corrected chi connectivity index (χ4v) is 4.26. The van der Waals surface area contributed by atoms with Crippen LogP contribution in [0.5, 0.6) is 23.0 Å². The summed E-state index contributed by atoms with van der Waals surface area (Å²) in [4.78, 5) is 17.4. The van der Waals surface area contributed by atoms with Crippen molar-refractivity contribution in [2.75, 3.05) is 47.5 Å². The molecule has 3 aromatic carbocycles. The molecule has 0 aromatic heterocycles. The number of rotatable bonds is 9. The Kier molecular flexibility index (Phi) is 8.11. The van der Waals surface area contributed by atoms with Gasteiger partial charge in [0.05, 0.1) is 26.9 Å². The number of methoxy groups -OCH3 is 3. The monoisotopic (exact) mass is 476 g/mol. The van der Waals surface area contributed by atoms with E-state index in [0.29, 0.717) is 42.5 Å². The van der Waals surface area contributed by atoms with Gasteiger partial charge in [0.1, 0.15) is 6.61 Å². The molecule has 0 aliphatic carbocycles. The molecule has 0 unspecified atom stereocenters. The number of carbonyl (C=O) groups excluding carboxylic acids is 1. The van der Waals surface area contributed by atoms with Gasteiger partial charge in [0.25, 0.3) is 5.91 Å². The largest absolute Gasteiger partial charge is 0.493 e. The maximum Gasteiger partial charge on any atom is 0.257 e. The van der Waals surface area contributed by atoms with Gasteiger partial charge >= 0.3 is 0 Å². The van der Waals surface area contributed by atoms with Gasteiger partial charge in [-0.25, -0.2) is 0 Å². The number of nitrogens with zero attached hydrogens (tertiary/aromatic N) is 2. The van der Waals surface area contributed by atoms with Crippen molar-refractivity contribution in [2.45, 2.75) is 13.2 Å². The standard InChI is InChI=1S/C28H32N2O5/c1-32-24-13-12-22(18-26(24)35-20-21-8-5-4-6-9-21)19-29-14-16-30(17-15-29)28(31)23-10-7-11-25(33-2)27(23)34-3/h4-13,18H,14-17,19-20H2,1-3H3. The van der Waals surface area contributed by atoms with Crippen molar-refractivity contribution >= 4 is 5.91 Å². The molecular weight excluding hydrogens is 444 g/mol. The van der Waals surface area contributed by atoms with Crippen molar-refractivity contribution in [1.82, 2.24) is 9.80 Å². The number of carbonyl (C=O) groups is 1. The van der Waals surface area contributed by atoms with Gasteiger partial charge in [-0.2, -0.15) is 0 Å². The van der Waals surface area contributed by atoms with E-state index in [9.17, 15) is 4.79 Å². The smallest absolute Gasteiger partial charge is 0.257 e. The van der Waals surface area contributed by atoms with E-state index in [1.807, 2.05) is 53.4 Å². The Morgan fingerprint density at radius 3 is 2.17 bits per heavy atom. The van der Waals surface area contributed by atoms with Crippen LogP contribution in [0.3, 0.4) is 0 Å². The van der Waals surface area contributed by atoms with E-state index in [1.54, 1.807) is 33.5 Å². The highest BCUT2D eigenvalue weighted by Gasteiger charge is 2.25. The Hall–Kier alpha value is -3.71. The molecule has 7 nitrogen and oxygen atoms in total. The van der Waals surface area contributed by atoms with Crippen LogP contribution in [0.25, 0.3) is 0 Å². The highest BCUT2D eigenvalue weighted by molar-refractivity contribution is 5.97. The van der Waals surface area contributed by atoms with Gasteiger partial charge in [-0.05, 0) is 35.4 Å². The molecule has 0 radical (unpaired) electrons. The molecule has 0 bridgehead atoms. The fourth-order valence-electron chi connectivity index (χ4n) is 4.26. The van der Waals surface area contributed by atoms with Crippen LogP contribution in [0, 0.1) is 0 Å². The van der Waals surface area contributed by atoms with E-state index in [0.717, 1.165) is 36.5 Å². The lowest BCUT2D eigenvalue weighted by Gasteiger charge is -2.35. The Labute approximate surface area is 206 Å². The molecule has 1 amide bonds. The molecule has 7 heteroatoms. The van der Waals surface area contributed by atoms with Gasteiger partial charge in [-0.1, -0.05) is 42.5 Å². The first kappa shape index (κ1) is 24.4. The van der Waals surface area contributed by atoms with Crippen LogP contribution in [0.2, 0.25) is 0 Å². The molecule has 1 heterocycles. The lowest BCUT2D eigenvalue weighted by Crippen LogP contribution is -2.48. The predicted molar refractivity (Wildman–Crippen MR) is 134 cm³/mol. The number of amides is 1. The van der Waals surface area contributed by atoms with E-state index in [1.165, 1.54) is 0 Å². The van der Waals surface area contributed by atoms with Crippen molar-refractivity contribution in [2.24, 2.45) is 0 Å². The van der Waals surface area contributed by atoms with Crippen LogP contribution >= 0.6 is 0 Å². The number of benzene rings is 3. The number of piperazine rings is 1. The summed E-state index contributed by atoms with van der Waals surface area (Å²) in [5.74, 6) is 2.44. The Morgan fingerprint density at radius 2 is 1.49 bits per heavy atom. The maximum absolute atomic E-state index is 13.2. The summed E-state index contributed by atoms with van der Waals surface area (Å²) < 4.78 is 22.4. The SMILES string of the molecule is COc1ccc(CN2CCN(C(=O)c3cccc(OC)c3OC)CC2)cc1OCc1ccccc1. The number of hydrogen-bond donors (Lipinski definition) is 0. The minimum absolute atomic E-state index is 0.0403. The van der Waals surface area contributed by atoms with Gasteiger partial charge in [0, 0.05) is 32.7 Å². The lowest BCUT2D eigenvalue weighted by molar-refractivity contribution is 0.0624. The molecule has 1 fully saturated rings. The van der Waals surface area contributed by atoms with Crippen LogP contribution in [-0.2, 0) is 13.2 Å². The topological polar surface area (TPSA) is 60.5 Å². The first-order chi connectivity index (χ1) is 17.1. The Morgan fingerprint density at radius 1 is 0.743 bits per heavy atom. The molecular formula is C28H32N2O5. The van der Waals surface area contributed by atoms with Crippen molar-refractivity contribution in [3.05, 3.63) is 83.4 Å². The van der Waals surface area contributed by atoms with Crippen molar-refractivity contribution in [1.29, 1.82) is 0 Å². The van der Waals surface area contributed by atoms with E-state index < -0.39 is 0 Å². The second kappa shape index (κ2) is 11.6. The second-order valence-corrected chi connectivity index (χ2v) is 8.37. The summed E-state index contributed by atoms with van der Waals surface area (Å²) in [6.45, 7) is 4.11. The Bertz CT molecular complexity index is 1130. The first-order valence-corrected chi connectivity index (χ1v) is 11.7. The molecule has 184 valence electrons. The van der Waals surface area contributed by atoms with Crippen LogP contribution < -0.4 is 18.9 Å². The van der Waals surface area contributed by atoms with Gasteiger partial charge in [0.2, 0.25) is 0 Å². The molecule has 4 rings (SSSR count). The zero-order valence-electron chi connectivity index (χ0n) is 20.5. The van der Waals surface area contributed by atoms with Crippen LogP contribution in [0.4, 0.5) is 0 Å². The molecule has 35 heavy (non-hydrogen) atoms. The van der Waals surface area contributed by atoms with E-state index in [-0.39, 0.29) is 5.91 Å². The third kappa shape index (κ3) is 5.87. The normalized spacial score (nSPS) is 13.9. The zero-order valence-corrected chi connectivity index (χ0v) is 20.5. The molecule has 0 spiro atoms. The minimum atomic E-state index is -0.0403. The fraction of sp³-hybridized carbons (Fsp3) is 0.321. The lowest BCUT2D eigenvalue weighted by atomic mass is 10.1. The van der Waals surface area contributed by atoms with Crippen LogP contribution in [0.1, 0.15) is 21.5 Å². The van der Waals surface area contributed by atoms with Gasteiger partial charge < -0.3 is 23.8 Å². The predicted octanol–water partition coefficient (Wildman–Crippen LogP) is 4.25. The highest BCUT2D eigenvalue weighted by Crippen LogP contribution is 2.32. The molecule has 0 N–H and O–H groups in total. The minimum Gasteiger partial charge on any atom is -0.493 e. The van der Waals surface area contributed by atoms with Crippen molar-refractivity contribution in [3.63, 3.8) is 0 Å². The zero-order chi connectivity index (χ0) is 24.6. The molecule has 3 aromatic rings. The van der Waals surface area contributed by atoms with Crippen LogP contribution in [0.15, 0.2) is 66.7 Å². The highest BCUT2D eigenvalue weighted by atomic mass is 16.5. The first-order valence-electron chi connectivity index (χ1n) is 11.7. The van der Waals surface area contributed by atoms with Gasteiger partial charge in [-0.15, -0.1) is 0 Å². The average Bonchev–Trinajstić information content (AvgIpc) is 2.92. The van der Waals surface area contributed by atoms with Gasteiger partial charge in [-0.3, -0.25) is 9.69 Å². The summed E-state index contributed by atoms with van der Waals surface area (Å²) in [6.07, 6.45) is 0. The summed E-state index contributed by atoms with van der Waals surface area (Å²) in [6, 6.07) is 21.5. The molecule has 1 aliphatic heterocycles. The van der Waals surface area contributed by atoms with Crippen molar-refractivity contribution < 1.29 is 23.7 Å². The molecule has 1 aliphatic rings. The van der Waals surface area contributed by atoms with Crippen molar-refractivity contribution in [3.8, 4) is 23.0 Å². The third-order valence-electron chi connectivity index (χ3n) is 6.16. The summed E-state index contributed by atoms with van der Waals surface area (Å²) in [5, 5.41) is 0. The Balaban J connectivity index is 1.37. The molecule has 0 saturated carbocycles. The quantitative estimate of drug-likeness (QED) is 0.460. The molecule has 0 atom stereocenters. The summed E-state index contributed by atoms with van der Waals surface area (Å²) >= 11 is 0. The summed E-state index contributed by atoms with van der Waals surface area (Å²) in [5.41, 5.74) is 2.77. The number of hydrogen-bond acceptors (Lipinski definition) is 6. The van der Waals surface area contributed by atoms with Crippen LogP contribution in [-0.4, -0.2) is 63.2 Å². The van der Waals surface area contributed by atoms with E-state index in [4.69, 9.17) is 18.9 Å².